The van der Waals surface area contributed by atoms with E-state index in [1.165, 1.54) is 11.1 Å². The van der Waals surface area contributed by atoms with Crippen molar-refractivity contribution in [1.82, 2.24) is 10.3 Å². The molecule has 4 nitrogen and oxygen atoms in total. The van der Waals surface area contributed by atoms with Crippen LogP contribution in [0.15, 0.2) is 18.5 Å². The minimum atomic E-state index is -2.75. The first kappa shape index (κ1) is 12.5. The second kappa shape index (κ2) is 5.14. The molecular formula is C12H18N2O2S. The van der Waals surface area contributed by atoms with Gasteiger partial charge in [0.15, 0.2) is 9.84 Å². The molecule has 94 valence electrons. The smallest absolute Gasteiger partial charge is 0.150 e. The molecule has 0 spiro atoms. The zero-order chi connectivity index (χ0) is 12.3. The normalized spacial score (nSPS) is 22.8. The lowest BCUT2D eigenvalue weighted by molar-refractivity contribution is 0.520. The van der Waals surface area contributed by atoms with E-state index in [4.69, 9.17) is 0 Å². The minimum Gasteiger partial charge on any atom is -0.312 e. The molecule has 1 aliphatic heterocycles. The Morgan fingerprint density at radius 2 is 2.35 bits per heavy atom. The number of nitrogens with zero attached hydrogens (tertiary/aromatic N) is 1. The van der Waals surface area contributed by atoms with Gasteiger partial charge in [-0.05, 0) is 43.0 Å². The summed E-state index contributed by atoms with van der Waals surface area (Å²) in [5.74, 6) is 0.967. The van der Waals surface area contributed by atoms with Crippen molar-refractivity contribution in [1.29, 1.82) is 0 Å². The van der Waals surface area contributed by atoms with Gasteiger partial charge in [0.05, 0.1) is 11.5 Å². The van der Waals surface area contributed by atoms with Gasteiger partial charge in [-0.1, -0.05) is 0 Å². The quantitative estimate of drug-likeness (QED) is 0.868. The topological polar surface area (TPSA) is 59.1 Å². The molecule has 0 bridgehead atoms. The Labute approximate surface area is 102 Å². The van der Waals surface area contributed by atoms with Gasteiger partial charge in [0.2, 0.25) is 0 Å². The number of pyridine rings is 1. The van der Waals surface area contributed by atoms with E-state index in [9.17, 15) is 8.42 Å². The molecule has 1 aromatic heterocycles. The van der Waals surface area contributed by atoms with E-state index >= 15 is 0 Å². The van der Waals surface area contributed by atoms with Gasteiger partial charge in [-0.2, -0.15) is 0 Å². The number of rotatable bonds is 4. The summed E-state index contributed by atoms with van der Waals surface area (Å²) in [6.07, 6.45) is 4.43. The summed E-state index contributed by atoms with van der Waals surface area (Å²) in [4.78, 5) is 4.08. The fourth-order valence-electron chi connectivity index (χ4n) is 2.13. The molecule has 0 amide bonds. The second-order valence-corrected chi connectivity index (χ2v) is 6.93. The molecule has 2 rings (SSSR count). The number of aromatic nitrogens is 1. The van der Waals surface area contributed by atoms with Gasteiger partial charge in [0.1, 0.15) is 0 Å². The third-order valence-electron chi connectivity index (χ3n) is 3.22. The van der Waals surface area contributed by atoms with Crippen LogP contribution >= 0.6 is 0 Å². The summed E-state index contributed by atoms with van der Waals surface area (Å²) >= 11 is 0. The van der Waals surface area contributed by atoms with Crippen LogP contribution in [-0.2, 0) is 16.4 Å². The van der Waals surface area contributed by atoms with Crippen molar-refractivity contribution in [3.05, 3.63) is 29.6 Å². The Kier molecular flexibility index (Phi) is 3.79. The van der Waals surface area contributed by atoms with Crippen molar-refractivity contribution in [2.75, 3.05) is 18.1 Å². The molecule has 0 radical (unpaired) electrons. The van der Waals surface area contributed by atoms with Crippen molar-refractivity contribution >= 4 is 9.84 Å². The third kappa shape index (κ3) is 3.51. The number of nitrogens with one attached hydrogen (secondary N) is 1. The largest absolute Gasteiger partial charge is 0.312 e. The highest BCUT2D eigenvalue weighted by molar-refractivity contribution is 7.91. The molecule has 1 atom stereocenters. The van der Waals surface area contributed by atoms with Crippen molar-refractivity contribution in [2.45, 2.75) is 19.9 Å². The molecule has 1 aliphatic rings. The standard InChI is InChI=1S/C12H18N2O2S/c1-10-2-4-13-7-12(10)8-14-6-11-3-5-17(15,16)9-11/h2,4,7,11,14H,3,5-6,8-9H2,1H3. The van der Waals surface area contributed by atoms with E-state index in [2.05, 4.69) is 17.2 Å². The van der Waals surface area contributed by atoms with Gasteiger partial charge in [-0.15, -0.1) is 0 Å². The lowest BCUT2D eigenvalue weighted by Gasteiger charge is -2.10. The number of sulfone groups is 1. The highest BCUT2D eigenvalue weighted by atomic mass is 32.2. The van der Waals surface area contributed by atoms with Crippen LogP contribution in [-0.4, -0.2) is 31.5 Å². The molecule has 17 heavy (non-hydrogen) atoms. The molecule has 1 N–H and O–H groups in total. The summed E-state index contributed by atoms with van der Waals surface area (Å²) in [6, 6.07) is 1.98. The van der Waals surface area contributed by atoms with Crippen LogP contribution in [0.5, 0.6) is 0 Å². The first-order valence-electron chi connectivity index (χ1n) is 5.87. The molecule has 5 heteroatoms. The first-order valence-corrected chi connectivity index (χ1v) is 7.69. The first-order chi connectivity index (χ1) is 8.07. The fourth-order valence-corrected chi connectivity index (χ4v) is 3.99. The fraction of sp³-hybridized carbons (Fsp3) is 0.583. The highest BCUT2D eigenvalue weighted by Crippen LogP contribution is 2.17. The molecule has 0 aromatic carbocycles. The van der Waals surface area contributed by atoms with Crippen molar-refractivity contribution in [2.24, 2.45) is 5.92 Å². The predicted molar refractivity (Wildman–Crippen MR) is 67.4 cm³/mol. The summed E-state index contributed by atoms with van der Waals surface area (Å²) in [5.41, 5.74) is 2.39. The lowest BCUT2D eigenvalue weighted by atomic mass is 10.1. The average Bonchev–Trinajstić information content (AvgIpc) is 2.61. The van der Waals surface area contributed by atoms with Crippen LogP contribution in [0, 0.1) is 12.8 Å². The van der Waals surface area contributed by atoms with E-state index in [0.717, 1.165) is 19.5 Å². The number of hydrogen-bond donors (Lipinski definition) is 1. The van der Waals surface area contributed by atoms with Gasteiger partial charge in [-0.25, -0.2) is 8.42 Å². The summed E-state index contributed by atoms with van der Waals surface area (Å²) in [5, 5.41) is 3.32. The zero-order valence-electron chi connectivity index (χ0n) is 10.0. The molecule has 1 saturated heterocycles. The molecule has 1 aromatic rings. The minimum absolute atomic E-state index is 0.275. The van der Waals surface area contributed by atoms with Crippen molar-refractivity contribution in [3.63, 3.8) is 0 Å². The van der Waals surface area contributed by atoms with Crippen LogP contribution in [0.2, 0.25) is 0 Å². The Balaban J connectivity index is 1.79. The van der Waals surface area contributed by atoms with E-state index in [0.29, 0.717) is 11.5 Å². The van der Waals surface area contributed by atoms with Gasteiger partial charge in [-0.3, -0.25) is 4.98 Å². The predicted octanol–water partition coefficient (Wildman–Crippen LogP) is 0.914. The van der Waals surface area contributed by atoms with E-state index < -0.39 is 9.84 Å². The summed E-state index contributed by atoms with van der Waals surface area (Å²) in [6.45, 7) is 3.59. The maximum atomic E-state index is 11.3. The Morgan fingerprint density at radius 1 is 1.53 bits per heavy atom. The maximum Gasteiger partial charge on any atom is 0.150 e. The molecule has 1 unspecified atom stereocenters. The van der Waals surface area contributed by atoms with Crippen LogP contribution in [0.3, 0.4) is 0 Å². The van der Waals surface area contributed by atoms with Crippen LogP contribution < -0.4 is 5.32 Å². The summed E-state index contributed by atoms with van der Waals surface area (Å²) < 4.78 is 22.6. The molecule has 0 saturated carbocycles. The van der Waals surface area contributed by atoms with E-state index in [1.807, 2.05) is 12.3 Å². The zero-order valence-corrected chi connectivity index (χ0v) is 10.8. The average molecular weight is 254 g/mol. The Morgan fingerprint density at radius 3 is 3.00 bits per heavy atom. The van der Waals surface area contributed by atoms with Gasteiger partial charge in [0, 0.05) is 18.9 Å². The van der Waals surface area contributed by atoms with Gasteiger partial charge in [0.25, 0.3) is 0 Å². The molecule has 1 fully saturated rings. The van der Waals surface area contributed by atoms with Crippen LogP contribution in [0.25, 0.3) is 0 Å². The van der Waals surface area contributed by atoms with E-state index in [1.54, 1.807) is 6.20 Å². The van der Waals surface area contributed by atoms with Crippen LogP contribution in [0.4, 0.5) is 0 Å². The van der Waals surface area contributed by atoms with Gasteiger partial charge >= 0.3 is 0 Å². The molecule has 0 aliphatic carbocycles. The Bertz CT molecular complexity index is 485. The number of aryl methyl sites for hydroxylation is 1. The van der Waals surface area contributed by atoms with Crippen LogP contribution in [0.1, 0.15) is 17.5 Å². The van der Waals surface area contributed by atoms with Crippen molar-refractivity contribution < 1.29 is 8.42 Å². The number of hydrogen-bond acceptors (Lipinski definition) is 4. The monoisotopic (exact) mass is 254 g/mol. The second-order valence-electron chi connectivity index (χ2n) is 4.70. The molecule has 2 heterocycles. The maximum absolute atomic E-state index is 11.3. The third-order valence-corrected chi connectivity index (χ3v) is 5.06. The Hall–Kier alpha value is -0.940. The highest BCUT2D eigenvalue weighted by Gasteiger charge is 2.27. The van der Waals surface area contributed by atoms with Crippen molar-refractivity contribution in [3.8, 4) is 0 Å². The van der Waals surface area contributed by atoms with Gasteiger partial charge < -0.3 is 5.32 Å². The summed E-state index contributed by atoms with van der Waals surface area (Å²) in [7, 11) is -2.75. The SMILES string of the molecule is Cc1ccncc1CNCC1CCS(=O)(=O)C1. The van der Waals surface area contributed by atoms with E-state index in [-0.39, 0.29) is 5.92 Å². The molecular weight excluding hydrogens is 236 g/mol. The lowest BCUT2D eigenvalue weighted by Crippen LogP contribution is -2.23.